The Morgan fingerprint density at radius 2 is 0.300 bits per heavy atom. The van der Waals surface area contributed by atoms with Gasteiger partial charge in [0.25, 0.3) is 0 Å². The van der Waals surface area contributed by atoms with E-state index in [1.807, 2.05) is 218 Å². The maximum atomic E-state index is 6.64. The number of hydrogen-bond donors (Lipinski definition) is 0. The van der Waals surface area contributed by atoms with Gasteiger partial charge in [0.2, 0.25) is 0 Å². The van der Waals surface area contributed by atoms with E-state index in [1.54, 1.807) is 0 Å². The largest absolute Gasteiger partial charge is 0.453 e. The Morgan fingerprint density at radius 3 is 0.433 bits per heavy atom. The summed E-state index contributed by atoms with van der Waals surface area (Å²) in [6.45, 7) is 0. The standard InChI is InChI=1S/C54H36O6/c1-7-19-37(20-8-1)55-49-31-43-44(32-50(49)56-38-21-9-2-10-22-38)46-34-52(58-40-25-13-4-14-26-40)54(60-42-29-17-6-18-30-42)36-48(46)47-35-53(59-41-27-15-5-16-28-41)51(33-45(43)47)57-39-23-11-3-12-24-39/h1-36H. The minimum absolute atomic E-state index is 0.540. The zero-order chi connectivity index (χ0) is 40.1. The lowest BCUT2D eigenvalue weighted by Gasteiger charge is -2.20. The molecule has 6 heteroatoms. The van der Waals surface area contributed by atoms with E-state index in [1.165, 1.54) is 0 Å². The lowest BCUT2D eigenvalue weighted by Crippen LogP contribution is -1.96. The molecule has 6 nitrogen and oxygen atoms in total. The van der Waals surface area contributed by atoms with E-state index in [4.69, 9.17) is 28.4 Å². The highest BCUT2D eigenvalue weighted by Gasteiger charge is 2.22. The zero-order valence-corrected chi connectivity index (χ0v) is 32.2. The average molecular weight is 781 g/mol. The lowest BCUT2D eigenvalue weighted by atomic mass is 9.93. The van der Waals surface area contributed by atoms with Gasteiger partial charge in [-0.1, -0.05) is 109 Å². The van der Waals surface area contributed by atoms with E-state index in [-0.39, 0.29) is 0 Å². The van der Waals surface area contributed by atoms with E-state index in [9.17, 15) is 0 Å². The van der Waals surface area contributed by atoms with Gasteiger partial charge < -0.3 is 28.4 Å². The van der Waals surface area contributed by atoms with Gasteiger partial charge in [-0.2, -0.15) is 0 Å². The van der Waals surface area contributed by atoms with E-state index >= 15 is 0 Å². The third kappa shape index (κ3) is 7.73. The van der Waals surface area contributed by atoms with Crippen molar-refractivity contribution in [2.75, 3.05) is 0 Å². The van der Waals surface area contributed by atoms with Gasteiger partial charge >= 0.3 is 0 Å². The molecule has 0 aliphatic carbocycles. The summed E-state index contributed by atoms with van der Waals surface area (Å²) < 4.78 is 39.9. The van der Waals surface area contributed by atoms with Gasteiger partial charge in [0, 0.05) is 0 Å². The van der Waals surface area contributed by atoms with Gasteiger partial charge in [0.05, 0.1) is 0 Å². The van der Waals surface area contributed by atoms with E-state index in [0.717, 1.165) is 32.3 Å². The smallest absolute Gasteiger partial charge is 0.170 e. The third-order valence-corrected chi connectivity index (χ3v) is 9.95. The second-order valence-electron chi connectivity index (χ2n) is 14.0. The molecule has 0 spiro atoms. The first-order valence-electron chi connectivity index (χ1n) is 19.6. The summed E-state index contributed by atoms with van der Waals surface area (Å²) >= 11 is 0. The van der Waals surface area contributed by atoms with Crippen molar-refractivity contribution in [3.63, 3.8) is 0 Å². The van der Waals surface area contributed by atoms with Gasteiger partial charge in [-0.3, -0.25) is 0 Å². The van der Waals surface area contributed by atoms with Crippen molar-refractivity contribution in [1.82, 2.24) is 0 Å². The molecule has 0 aromatic heterocycles. The Labute approximate surface area is 347 Å². The van der Waals surface area contributed by atoms with Crippen LogP contribution in [0.25, 0.3) is 32.3 Å². The molecule has 0 heterocycles. The van der Waals surface area contributed by atoms with Gasteiger partial charge in [-0.25, -0.2) is 0 Å². The van der Waals surface area contributed by atoms with E-state index in [0.29, 0.717) is 69.0 Å². The van der Waals surface area contributed by atoms with Crippen LogP contribution < -0.4 is 28.4 Å². The number of benzene rings is 10. The molecule has 60 heavy (non-hydrogen) atoms. The highest BCUT2D eigenvalue weighted by atomic mass is 16.5. The quantitative estimate of drug-likeness (QED) is 0.115. The predicted octanol–water partition coefficient (Wildman–Crippen LogP) is 15.9. The maximum Gasteiger partial charge on any atom is 0.170 e. The van der Waals surface area contributed by atoms with Crippen molar-refractivity contribution in [3.8, 4) is 69.0 Å². The van der Waals surface area contributed by atoms with Crippen LogP contribution in [-0.2, 0) is 0 Å². The van der Waals surface area contributed by atoms with Crippen molar-refractivity contribution in [3.05, 3.63) is 218 Å². The number of fused-ring (bicyclic) bond motifs is 6. The maximum absolute atomic E-state index is 6.64. The van der Waals surface area contributed by atoms with Gasteiger partial charge in [-0.15, -0.1) is 0 Å². The molecule has 10 aromatic carbocycles. The fraction of sp³-hybridized carbons (Fsp3) is 0. The number of para-hydroxylation sites is 6. The van der Waals surface area contributed by atoms with Crippen LogP contribution in [0.15, 0.2) is 218 Å². The molecule has 0 atom stereocenters. The molecule has 10 rings (SSSR count). The minimum Gasteiger partial charge on any atom is -0.453 e. The molecule has 0 saturated carbocycles. The minimum atomic E-state index is 0.540. The predicted molar refractivity (Wildman–Crippen MR) is 238 cm³/mol. The van der Waals surface area contributed by atoms with Gasteiger partial charge in [-0.05, 0) is 142 Å². The molecular formula is C54H36O6. The van der Waals surface area contributed by atoms with Crippen molar-refractivity contribution < 1.29 is 28.4 Å². The fourth-order valence-electron chi connectivity index (χ4n) is 7.19. The molecule has 0 aliphatic heterocycles. The Bertz CT molecular complexity index is 2480. The average Bonchev–Trinajstić information content (AvgIpc) is 3.29. The van der Waals surface area contributed by atoms with Crippen LogP contribution in [0.2, 0.25) is 0 Å². The number of ether oxygens (including phenoxy) is 6. The second-order valence-corrected chi connectivity index (χ2v) is 14.0. The number of hydrogen-bond acceptors (Lipinski definition) is 6. The highest BCUT2D eigenvalue weighted by molar-refractivity contribution is 6.27. The Balaban J connectivity index is 1.28. The summed E-state index contributed by atoms with van der Waals surface area (Å²) in [7, 11) is 0. The van der Waals surface area contributed by atoms with Gasteiger partial charge in [0.15, 0.2) is 34.5 Å². The summed E-state index contributed by atoms with van der Waals surface area (Å²) in [6.07, 6.45) is 0. The Morgan fingerprint density at radius 1 is 0.167 bits per heavy atom. The van der Waals surface area contributed by atoms with Crippen LogP contribution >= 0.6 is 0 Å². The van der Waals surface area contributed by atoms with Crippen LogP contribution in [0.5, 0.6) is 69.0 Å². The molecule has 0 aliphatic rings. The first kappa shape index (κ1) is 36.1. The molecule has 0 N–H and O–H groups in total. The Kier molecular flexibility index (Phi) is 9.84. The normalized spacial score (nSPS) is 11.0. The number of rotatable bonds is 12. The van der Waals surface area contributed by atoms with Crippen LogP contribution in [0.3, 0.4) is 0 Å². The first-order valence-corrected chi connectivity index (χ1v) is 19.6. The Hall–Kier alpha value is -8.22. The van der Waals surface area contributed by atoms with E-state index < -0.39 is 0 Å². The zero-order valence-electron chi connectivity index (χ0n) is 32.2. The molecule has 0 unspecified atom stereocenters. The summed E-state index contributed by atoms with van der Waals surface area (Å²) in [6, 6.07) is 70.5. The summed E-state index contributed by atoms with van der Waals surface area (Å²) in [5, 5.41) is 5.39. The molecule has 0 amide bonds. The highest BCUT2D eigenvalue weighted by Crippen LogP contribution is 2.50. The third-order valence-electron chi connectivity index (χ3n) is 9.95. The van der Waals surface area contributed by atoms with Crippen LogP contribution in [-0.4, -0.2) is 0 Å². The van der Waals surface area contributed by atoms with Crippen LogP contribution in [0, 0.1) is 0 Å². The fourth-order valence-corrected chi connectivity index (χ4v) is 7.19. The molecular weight excluding hydrogens is 745 g/mol. The monoisotopic (exact) mass is 780 g/mol. The van der Waals surface area contributed by atoms with Crippen molar-refractivity contribution in [2.24, 2.45) is 0 Å². The van der Waals surface area contributed by atoms with Crippen LogP contribution in [0.4, 0.5) is 0 Å². The lowest BCUT2D eigenvalue weighted by molar-refractivity contribution is 0.419. The second kappa shape index (κ2) is 16.3. The molecule has 0 fully saturated rings. The van der Waals surface area contributed by atoms with Gasteiger partial charge in [0.1, 0.15) is 34.5 Å². The SMILES string of the molecule is c1ccc(Oc2cc3c4cc(Oc5ccccc5)c(Oc5ccccc5)cc4c4cc(Oc5ccccc5)c(Oc5ccccc5)cc4c3cc2Oc2ccccc2)cc1. The molecule has 288 valence electrons. The first-order chi connectivity index (χ1) is 29.7. The van der Waals surface area contributed by atoms with Crippen LogP contribution in [0.1, 0.15) is 0 Å². The summed E-state index contributed by atoms with van der Waals surface area (Å²) in [5.41, 5.74) is 0. The molecule has 10 aromatic rings. The van der Waals surface area contributed by atoms with Crippen molar-refractivity contribution >= 4 is 32.3 Å². The van der Waals surface area contributed by atoms with E-state index in [2.05, 4.69) is 0 Å². The summed E-state index contributed by atoms with van der Waals surface area (Å²) in [4.78, 5) is 0. The van der Waals surface area contributed by atoms with Crippen molar-refractivity contribution in [1.29, 1.82) is 0 Å². The summed E-state index contributed by atoms with van der Waals surface area (Å²) in [5.74, 6) is 7.28. The molecule has 0 radical (unpaired) electrons. The van der Waals surface area contributed by atoms with Crippen molar-refractivity contribution in [2.45, 2.75) is 0 Å². The topological polar surface area (TPSA) is 55.4 Å². The molecule has 0 bridgehead atoms. The molecule has 0 saturated heterocycles.